The van der Waals surface area contributed by atoms with Gasteiger partial charge in [-0.1, -0.05) is 18.1 Å². The van der Waals surface area contributed by atoms with Crippen molar-refractivity contribution in [3.63, 3.8) is 0 Å². The molecule has 1 unspecified atom stereocenters. The first kappa shape index (κ1) is 13.7. The fourth-order valence-electron chi connectivity index (χ4n) is 0.681. The molecule has 0 aromatic carbocycles. The first-order chi connectivity index (χ1) is 6.68. The standard InChI is InChI=1S/C9H14ClO3P/c1-3-9-14(11,12-4-2)13-8-6-5-7-10/h5-6H,4,7-8H2,1-2H3/b6-5+. The van der Waals surface area contributed by atoms with E-state index in [1.54, 1.807) is 26.0 Å². The zero-order valence-corrected chi connectivity index (χ0v) is 9.98. The lowest BCUT2D eigenvalue weighted by Crippen LogP contribution is -1.93. The lowest BCUT2D eigenvalue weighted by atomic mass is 10.6. The molecule has 3 nitrogen and oxygen atoms in total. The molecule has 1 atom stereocenters. The predicted octanol–water partition coefficient (Wildman–Crippen LogP) is 3.01. The number of allylic oxidation sites excluding steroid dienone is 1. The van der Waals surface area contributed by atoms with E-state index in [4.69, 9.17) is 20.6 Å². The predicted molar refractivity (Wildman–Crippen MR) is 58.5 cm³/mol. The molecule has 0 saturated carbocycles. The SMILES string of the molecule is CC#CP(=O)(OCC)OC/C=C/CCl. The van der Waals surface area contributed by atoms with Crippen molar-refractivity contribution in [1.82, 2.24) is 0 Å². The topological polar surface area (TPSA) is 35.5 Å². The van der Waals surface area contributed by atoms with E-state index in [1.165, 1.54) is 0 Å². The molecule has 0 bridgehead atoms. The van der Waals surface area contributed by atoms with E-state index >= 15 is 0 Å². The molecule has 0 rings (SSSR count). The van der Waals surface area contributed by atoms with E-state index in [2.05, 4.69) is 11.6 Å². The molecule has 0 spiro atoms. The van der Waals surface area contributed by atoms with Crippen molar-refractivity contribution in [2.45, 2.75) is 13.8 Å². The molecule has 0 aromatic heterocycles. The number of rotatable bonds is 6. The monoisotopic (exact) mass is 236 g/mol. The van der Waals surface area contributed by atoms with E-state index in [0.717, 1.165) is 0 Å². The van der Waals surface area contributed by atoms with Crippen LogP contribution in [0.1, 0.15) is 13.8 Å². The summed E-state index contributed by atoms with van der Waals surface area (Å²) in [6, 6.07) is 0. The van der Waals surface area contributed by atoms with Crippen LogP contribution in [0.5, 0.6) is 0 Å². The van der Waals surface area contributed by atoms with E-state index in [-0.39, 0.29) is 6.61 Å². The molecular weight excluding hydrogens is 223 g/mol. The van der Waals surface area contributed by atoms with Gasteiger partial charge < -0.3 is 0 Å². The first-order valence-corrected chi connectivity index (χ1v) is 6.30. The summed E-state index contributed by atoms with van der Waals surface area (Å²) in [6.45, 7) is 3.83. The lowest BCUT2D eigenvalue weighted by Gasteiger charge is -2.09. The second kappa shape index (κ2) is 8.08. The quantitative estimate of drug-likeness (QED) is 0.308. The molecule has 0 aromatic rings. The van der Waals surface area contributed by atoms with Crippen molar-refractivity contribution < 1.29 is 13.6 Å². The fraction of sp³-hybridized carbons (Fsp3) is 0.556. The average molecular weight is 237 g/mol. The first-order valence-electron chi connectivity index (χ1n) is 4.22. The minimum absolute atomic E-state index is 0.193. The zero-order chi connectivity index (χ0) is 10.9. The molecule has 5 heteroatoms. The van der Waals surface area contributed by atoms with E-state index in [1.807, 2.05) is 0 Å². The number of hydrogen-bond donors (Lipinski definition) is 0. The van der Waals surface area contributed by atoms with Gasteiger partial charge in [-0.2, -0.15) is 0 Å². The smallest absolute Gasteiger partial charge is 0.300 e. The summed E-state index contributed by atoms with van der Waals surface area (Å²) in [6.07, 6.45) is 3.38. The van der Waals surface area contributed by atoms with Gasteiger partial charge in [0.2, 0.25) is 0 Å². The fourth-order valence-corrected chi connectivity index (χ4v) is 1.91. The van der Waals surface area contributed by atoms with E-state index in [0.29, 0.717) is 12.5 Å². The Morgan fingerprint density at radius 2 is 2.14 bits per heavy atom. The van der Waals surface area contributed by atoms with Gasteiger partial charge in [-0.25, -0.2) is 4.57 Å². The van der Waals surface area contributed by atoms with Gasteiger partial charge in [0.1, 0.15) is 0 Å². The van der Waals surface area contributed by atoms with E-state index in [9.17, 15) is 4.57 Å². The minimum Gasteiger partial charge on any atom is -0.300 e. The summed E-state index contributed by atoms with van der Waals surface area (Å²) < 4.78 is 21.7. The molecule has 0 saturated heterocycles. The summed E-state index contributed by atoms with van der Waals surface area (Å²) >= 11 is 5.40. The van der Waals surface area contributed by atoms with Crippen LogP contribution in [-0.4, -0.2) is 19.1 Å². The van der Waals surface area contributed by atoms with Gasteiger partial charge in [-0.3, -0.25) is 9.05 Å². The van der Waals surface area contributed by atoms with Gasteiger partial charge in [0.05, 0.1) is 13.2 Å². The van der Waals surface area contributed by atoms with Crippen LogP contribution in [0.3, 0.4) is 0 Å². The van der Waals surface area contributed by atoms with Gasteiger partial charge in [-0.05, 0) is 13.8 Å². The van der Waals surface area contributed by atoms with Gasteiger partial charge in [0, 0.05) is 11.5 Å². The van der Waals surface area contributed by atoms with Crippen molar-refractivity contribution in [1.29, 1.82) is 0 Å². The van der Waals surface area contributed by atoms with Gasteiger partial charge in [0.25, 0.3) is 0 Å². The molecule has 0 aliphatic carbocycles. The zero-order valence-electron chi connectivity index (χ0n) is 8.33. The number of hydrogen-bond acceptors (Lipinski definition) is 3. The third kappa shape index (κ3) is 6.23. The Balaban J connectivity index is 4.14. The number of halogens is 1. The highest BCUT2D eigenvalue weighted by Crippen LogP contribution is 2.46. The van der Waals surface area contributed by atoms with Crippen molar-refractivity contribution in [2.75, 3.05) is 19.1 Å². The normalized spacial score (nSPS) is 14.8. The van der Waals surface area contributed by atoms with Crippen LogP contribution in [0.25, 0.3) is 0 Å². The molecule has 14 heavy (non-hydrogen) atoms. The largest absolute Gasteiger partial charge is 0.405 e. The summed E-state index contributed by atoms with van der Waals surface area (Å²) in [7, 11) is -3.21. The Kier molecular flexibility index (Phi) is 7.93. The van der Waals surface area contributed by atoms with Crippen LogP contribution in [-0.2, 0) is 13.6 Å². The van der Waals surface area contributed by atoms with Gasteiger partial charge in [0.15, 0.2) is 0 Å². The number of alkyl halides is 1. The molecule has 80 valence electrons. The summed E-state index contributed by atoms with van der Waals surface area (Å²) in [5, 5.41) is 0. The van der Waals surface area contributed by atoms with Crippen LogP contribution in [0.4, 0.5) is 0 Å². The van der Waals surface area contributed by atoms with Crippen molar-refractivity contribution in [3.05, 3.63) is 12.2 Å². The molecule has 0 aliphatic rings. The Labute approximate surface area is 90.0 Å². The Bertz CT molecular complexity index is 278. The summed E-state index contributed by atoms with van der Waals surface area (Å²) in [5.74, 6) is 2.93. The molecular formula is C9H14ClO3P. The highest BCUT2D eigenvalue weighted by Gasteiger charge is 2.19. The van der Waals surface area contributed by atoms with Crippen LogP contribution < -0.4 is 0 Å². The van der Waals surface area contributed by atoms with Crippen molar-refractivity contribution >= 4 is 19.2 Å². The van der Waals surface area contributed by atoms with Crippen molar-refractivity contribution in [2.24, 2.45) is 0 Å². The maximum atomic E-state index is 11.7. The summed E-state index contributed by atoms with van der Waals surface area (Å²) in [4.78, 5) is 0. The molecule has 0 radical (unpaired) electrons. The van der Waals surface area contributed by atoms with Crippen LogP contribution in [0.15, 0.2) is 12.2 Å². The second-order valence-corrected chi connectivity index (χ2v) is 4.24. The molecule has 0 fully saturated rings. The van der Waals surface area contributed by atoms with Gasteiger partial charge >= 0.3 is 7.60 Å². The lowest BCUT2D eigenvalue weighted by molar-refractivity contribution is 0.239. The van der Waals surface area contributed by atoms with Crippen LogP contribution in [0.2, 0.25) is 0 Å². The highest BCUT2D eigenvalue weighted by atomic mass is 35.5. The molecule has 0 N–H and O–H groups in total. The maximum Gasteiger partial charge on any atom is 0.405 e. The minimum atomic E-state index is -3.21. The molecule has 0 amide bonds. The van der Waals surface area contributed by atoms with Gasteiger partial charge in [-0.15, -0.1) is 11.6 Å². The third-order valence-corrected chi connectivity index (χ3v) is 2.91. The van der Waals surface area contributed by atoms with E-state index < -0.39 is 7.60 Å². The Morgan fingerprint density at radius 3 is 2.64 bits per heavy atom. The summed E-state index contributed by atoms with van der Waals surface area (Å²) in [5.41, 5.74) is 2.43. The maximum absolute atomic E-state index is 11.7. The molecule has 0 heterocycles. The van der Waals surface area contributed by atoms with Crippen LogP contribution in [0, 0.1) is 11.6 Å². The van der Waals surface area contributed by atoms with Crippen molar-refractivity contribution in [3.8, 4) is 11.6 Å². The Morgan fingerprint density at radius 1 is 1.43 bits per heavy atom. The average Bonchev–Trinajstić information content (AvgIpc) is 2.13. The van der Waals surface area contributed by atoms with Crippen LogP contribution >= 0.6 is 19.2 Å². The molecule has 0 aliphatic heterocycles. The highest BCUT2D eigenvalue weighted by molar-refractivity contribution is 7.59. The third-order valence-electron chi connectivity index (χ3n) is 1.14. The Hall–Kier alpha value is -0.260. The second-order valence-electron chi connectivity index (χ2n) is 2.20.